The van der Waals surface area contributed by atoms with Crippen molar-refractivity contribution in [3.8, 4) is 0 Å². The van der Waals surface area contributed by atoms with E-state index in [4.69, 9.17) is 17.3 Å². The number of sulfonamides is 1. The Morgan fingerprint density at radius 2 is 1.83 bits per heavy atom. The van der Waals surface area contributed by atoms with Gasteiger partial charge in [-0.15, -0.1) is 12.4 Å². The molecule has 0 spiro atoms. The van der Waals surface area contributed by atoms with Gasteiger partial charge < -0.3 is 5.73 Å². The maximum Gasteiger partial charge on any atom is 0.215 e. The molecule has 0 unspecified atom stereocenters. The smallest absolute Gasteiger partial charge is 0.215 e. The third-order valence-electron chi connectivity index (χ3n) is 4.08. The van der Waals surface area contributed by atoms with Crippen LogP contribution in [0.5, 0.6) is 0 Å². The summed E-state index contributed by atoms with van der Waals surface area (Å²) in [5.74, 6) is -0.793. The Hall–Kier alpha value is -0.400. The topological polar surface area (TPSA) is 72.2 Å². The highest BCUT2D eigenvalue weighted by atomic mass is 35.5. The molecule has 0 atom stereocenters. The molecule has 0 heterocycles. The number of nitrogens with two attached hydrogens (primary N) is 1. The fourth-order valence-electron chi connectivity index (χ4n) is 2.76. The van der Waals surface area contributed by atoms with Crippen molar-refractivity contribution in [3.63, 3.8) is 0 Å². The van der Waals surface area contributed by atoms with Crippen LogP contribution >= 0.6 is 24.0 Å². The molecule has 132 valence electrons. The molecule has 0 aromatic heterocycles. The van der Waals surface area contributed by atoms with Crippen molar-refractivity contribution in [2.24, 2.45) is 5.73 Å². The molecule has 4 nitrogen and oxygen atoms in total. The van der Waals surface area contributed by atoms with Gasteiger partial charge in [0.15, 0.2) is 0 Å². The summed E-state index contributed by atoms with van der Waals surface area (Å²) >= 11 is 5.67. The number of rotatable bonds is 5. The first-order valence-electron chi connectivity index (χ1n) is 7.50. The van der Waals surface area contributed by atoms with Gasteiger partial charge in [0.05, 0.1) is 10.8 Å². The van der Waals surface area contributed by atoms with Gasteiger partial charge in [0.25, 0.3) is 0 Å². The van der Waals surface area contributed by atoms with E-state index in [0.717, 1.165) is 38.5 Å². The summed E-state index contributed by atoms with van der Waals surface area (Å²) in [5.41, 5.74) is 6.29. The normalized spacial score (nSPS) is 18.0. The van der Waals surface area contributed by atoms with Crippen molar-refractivity contribution in [2.45, 2.75) is 49.8 Å². The molecule has 1 saturated carbocycles. The molecule has 1 aromatic rings. The lowest BCUT2D eigenvalue weighted by atomic mass is 9.92. The van der Waals surface area contributed by atoms with Crippen LogP contribution in [0.15, 0.2) is 18.2 Å². The molecule has 8 heteroatoms. The van der Waals surface area contributed by atoms with E-state index in [1.807, 2.05) is 0 Å². The largest absolute Gasteiger partial charge is 0.324 e. The standard InChI is InChI=1S/C15H22ClFN2O2S.ClH/c16-13-9-12(5-6-14(13)17)10-22(20,21)19-11-15(18)7-3-1-2-4-8-15;/h5-6,9,19H,1-4,7-8,10-11,18H2;1H. The SMILES string of the molecule is Cl.NC1(CNS(=O)(=O)Cc2ccc(F)c(Cl)c2)CCCCCC1. The van der Waals surface area contributed by atoms with E-state index in [1.54, 1.807) is 0 Å². The highest BCUT2D eigenvalue weighted by Gasteiger charge is 2.28. The van der Waals surface area contributed by atoms with Crippen LogP contribution < -0.4 is 10.5 Å². The molecule has 1 aromatic carbocycles. The van der Waals surface area contributed by atoms with Gasteiger partial charge in [-0.1, -0.05) is 43.4 Å². The average molecular weight is 385 g/mol. The molecule has 0 radical (unpaired) electrons. The van der Waals surface area contributed by atoms with Gasteiger partial charge in [0.2, 0.25) is 10.0 Å². The van der Waals surface area contributed by atoms with Crippen molar-refractivity contribution in [1.82, 2.24) is 4.72 Å². The number of halogens is 3. The van der Waals surface area contributed by atoms with Crippen LogP contribution in [-0.2, 0) is 15.8 Å². The van der Waals surface area contributed by atoms with Crippen molar-refractivity contribution in [2.75, 3.05) is 6.54 Å². The lowest BCUT2D eigenvalue weighted by Crippen LogP contribution is -2.49. The van der Waals surface area contributed by atoms with E-state index in [1.165, 1.54) is 18.2 Å². The van der Waals surface area contributed by atoms with Crippen LogP contribution in [0.1, 0.15) is 44.1 Å². The summed E-state index contributed by atoms with van der Waals surface area (Å²) in [6.07, 6.45) is 6.03. The first kappa shape index (κ1) is 20.6. The van der Waals surface area contributed by atoms with Crippen molar-refractivity contribution in [3.05, 3.63) is 34.6 Å². The molecule has 1 fully saturated rings. The first-order chi connectivity index (χ1) is 10.3. The molecule has 0 amide bonds. The molecular formula is C15H23Cl2FN2O2S. The predicted molar refractivity (Wildman–Crippen MR) is 93.9 cm³/mol. The molecule has 0 aliphatic heterocycles. The minimum atomic E-state index is -3.52. The number of hydrogen-bond acceptors (Lipinski definition) is 3. The zero-order valence-corrected chi connectivity index (χ0v) is 15.2. The molecule has 0 saturated heterocycles. The van der Waals surface area contributed by atoms with Crippen LogP contribution in [0.3, 0.4) is 0 Å². The van der Waals surface area contributed by atoms with Gasteiger partial charge in [0.1, 0.15) is 5.82 Å². The number of nitrogens with one attached hydrogen (secondary N) is 1. The lowest BCUT2D eigenvalue weighted by Gasteiger charge is -2.28. The Labute approximate surface area is 148 Å². The molecular weight excluding hydrogens is 362 g/mol. The minimum Gasteiger partial charge on any atom is -0.324 e. The second kappa shape index (κ2) is 8.62. The second-order valence-corrected chi connectivity index (χ2v) is 8.32. The Balaban J connectivity index is 0.00000264. The molecule has 0 bridgehead atoms. The monoisotopic (exact) mass is 384 g/mol. The summed E-state index contributed by atoms with van der Waals surface area (Å²) in [7, 11) is -3.52. The Bertz CT molecular complexity index is 618. The van der Waals surface area contributed by atoms with E-state index < -0.39 is 21.4 Å². The Morgan fingerprint density at radius 1 is 1.22 bits per heavy atom. The fourth-order valence-corrected chi connectivity index (χ4v) is 4.19. The van der Waals surface area contributed by atoms with E-state index in [0.29, 0.717) is 5.56 Å². The van der Waals surface area contributed by atoms with Crippen molar-refractivity contribution < 1.29 is 12.8 Å². The van der Waals surface area contributed by atoms with Crippen molar-refractivity contribution in [1.29, 1.82) is 0 Å². The van der Waals surface area contributed by atoms with E-state index >= 15 is 0 Å². The summed E-state index contributed by atoms with van der Waals surface area (Å²) in [6, 6.07) is 3.92. The Kier molecular flexibility index (Phi) is 7.74. The highest BCUT2D eigenvalue weighted by molar-refractivity contribution is 7.88. The second-order valence-electron chi connectivity index (χ2n) is 6.11. The molecule has 2 rings (SSSR count). The van der Waals surface area contributed by atoms with Crippen LogP contribution in [0.25, 0.3) is 0 Å². The van der Waals surface area contributed by atoms with E-state index in [-0.39, 0.29) is 29.7 Å². The third kappa shape index (κ3) is 6.55. The molecule has 23 heavy (non-hydrogen) atoms. The fraction of sp³-hybridized carbons (Fsp3) is 0.600. The summed E-state index contributed by atoms with van der Waals surface area (Å²) < 4.78 is 40.0. The van der Waals surface area contributed by atoms with Gasteiger partial charge in [0, 0.05) is 12.1 Å². The maximum absolute atomic E-state index is 13.1. The summed E-state index contributed by atoms with van der Waals surface area (Å²) in [5, 5.41) is -0.0771. The van der Waals surface area contributed by atoms with Gasteiger partial charge in [-0.05, 0) is 30.5 Å². The lowest BCUT2D eigenvalue weighted by molar-refractivity contribution is 0.369. The number of benzene rings is 1. The molecule has 3 N–H and O–H groups in total. The average Bonchev–Trinajstić information content (AvgIpc) is 2.66. The zero-order valence-electron chi connectivity index (χ0n) is 12.9. The van der Waals surface area contributed by atoms with E-state index in [2.05, 4.69) is 4.72 Å². The zero-order chi connectivity index (χ0) is 16.2. The third-order valence-corrected chi connectivity index (χ3v) is 5.67. The number of hydrogen-bond donors (Lipinski definition) is 2. The van der Waals surface area contributed by atoms with Crippen LogP contribution in [0.2, 0.25) is 5.02 Å². The summed E-state index contributed by atoms with van der Waals surface area (Å²) in [6.45, 7) is 0.240. The van der Waals surface area contributed by atoms with E-state index in [9.17, 15) is 12.8 Å². The molecule has 1 aliphatic carbocycles. The van der Waals surface area contributed by atoms with Crippen LogP contribution in [0, 0.1) is 5.82 Å². The summed E-state index contributed by atoms with van der Waals surface area (Å²) in [4.78, 5) is 0. The minimum absolute atomic E-state index is 0. The van der Waals surface area contributed by atoms with Gasteiger partial charge in [-0.2, -0.15) is 0 Å². The highest BCUT2D eigenvalue weighted by Crippen LogP contribution is 2.24. The maximum atomic E-state index is 13.1. The van der Waals surface area contributed by atoms with Gasteiger partial charge in [-0.3, -0.25) is 0 Å². The first-order valence-corrected chi connectivity index (χ1v) is 9.53. The predicted octanol–water partition coefficient (Wildman–Crippen LogP) is 3.37. The van der Waals surface area contributed by atoms with Crippen molar-refractivity contribution >= 4 is 34.0 Å². The van der Waals surface area contributed by atoms with Crippen LogP contribution in [-0.4, -0.2) is 20.5 Å². The van der Waals surface area contributed by atoms with Gasteiger partial charge in [-0.25, -0.2) is 17.5 Å². The quantitative estimate of drug-likeness (QED) is 0.764. The Morgan fingerprint density at radius 3 is 2.39 bits per heavy atom. The molecule has 1 aliphatic rings. The van der Waals surface area contributed by atoms with Crippen LogP contribution in [0.4, 0.5) is 4.39 Å². The van der Waals surface area contributed by atoms with Gasteiger partial charge >= 0.3 is 0 Å².